The molecule has 1 aromatic heterocycles. The minimum atomic E-state index is 0.709. The molecule has 0 unspecified atom stereocenters. The molecule has 0 spiro atoms. The predicted molar refractivity (Wildman–Crippen MR) is 75.2 cm³/mol. The summed E-state index contributed by atoms with van der Waals surface area (Å²) >= 11 is 0. The normalized spacial score (nSPS) is 10.9. The van der Waals surface area contributed by atoms with Crippen LogP contribution in [0.1, 0.15) is 44.0 Å². The predicted octanol–water partition coefficient (Wildman–Crippen LogP) is 2.59. The van der Waals surface area contributed by atoms with Crippen molar-refractivity contribution in [3.63, 3.8) is 0 Å². The first-order chi connectivity index (χ1) is 8.66. The van der Waals surface area contributed by atoms with Crippen molar-refractivity contribution in [1.82, 2.24) is 15.1 Å². The number of aryl methyl sites for hydroxylation is 2. The molecule has 0 aliphatic heterocycles. The molecule has 0 fully saturated rings. The summed E-state index contributed by atoms with van der Waals surface area (Å²) in [7, 11) is 1.95. The molecule has 0 aliphatic carbocycles. The zero-order valence-corrected chi connectivity index (χ0v) is 12.3. The van der Waals surface area contributed by atoms with Gasteiger partial charge in [-0.1, -0.05) is 26.2 Å². The molecule has 0 radical (unpaired) electrons. The van der Waals surface area contributed by atoms with Crippen LogP contribution in [0.3, 0.4) is 0 Å². The first kappa shape index (κ1) is 15.0. The average molecular weight is 253 g/mol. The minimum Gasteiger partial charge on any atom is -0.488 e. The third-order valence-corrected chi connectivity index (χ3v) is 3.17. The summed E-state index contributed by atoms with van der Waals surface area (Å²) in [5.74, 6) is 0.935. The Morgan fingerprint density at radius 2 is 1.94 bits per heavy atom. The zero-order valence-electron chi connectivity index (χ0n) is 12.3. The van der Waals surface area contributed by atoms with Crippen molar-refractivity contribution in [2.75, 3.05) is 19.7 Å². The number of unbranched alkanes of at least 4 members (excludes halogenated alkanes) is 3. The van der Waals surface area contributed by atoms with E-state index in [2.05, 4.69) is 17.3 Å². The lowest BCUT2D eigenvalue weighted by atomic mass is 10.2. The molecule has 0 bridgehead atoms. The Bertz CT molecular complexity index is 347. The van der Waals surface area contributed by atoms with E-state index in [0.29, 0.717) is 6.61 Å². The molecule has 0 amide bonds. The van der Waals surface area contributed by atoms with Gasteiger partial charge in [0.2, 0.25) is 0 Å². The molecule has 104 valence electrons. The van der Waals surface area contributed by atoms with Crippen molar-refractivity contribution in [1.29, 1.82) is 0 Å². The first-order valence-electron chi connectivity index (χ1n) is 7.00. The molecular formula is C14H27N3O. The van der Waals surface area contributed by atoms with Gasteiger partial charge in [0.25, 0.3) is 0 Å². The van der Waals surface area contributed by atoms with Gasteiger partial charge in [0, 0.05) is 13.6 Å². The lowest BCUT2D eigenvalue weighted by Gasteiger charge is -2.07. The van der Waals surface area contributed by atoms with Crippen molar-refractivity contribution < 1.29 is 4.74 Å². The fourth-order valence-electron chi connectivity index (χ4n) is 1.99. The standard InChI is InChI=1S/C14H27N3O/c1-5-6-7-8-9-15-10-11-18-14-12(2)16-17(4)13(14)3/h15H,5-11H2,1-4H3. The number of hydrogen-bond donors (Lipinski definition) is 1. The van der Waals surface area contributed by atoms with E-state index in [1.54, 1.807) is 0 Å². The molecule has 0 aromatic carbocycles. The molecular weight excluding hydrogens is 226 g/mol. The third kappa shape index (κ3) is 4.69. The highest BCUT2D eigenvalue weighted by Crippen LogP contribution is 2.20. The third-order valence-electron chi connectivity index (χ3n) is 3.17. The van der Waals surface area contributed by atoms with Crippen molar-refractivity contribution in [2.24, 2.45) is 7.05 Å². The number of nitrogens with zero attached hydrogens (tertiary/aromatic N) is 2. The van der Waals surface area contributed by atoms with Gasteiger partial charge in [0.15, 0.2) is 5.75 Å². The fourth-order valence-corrected chi connectivity index (χ4v) is 1.99. The van der Waals surface area contributed by atoms with Crippen LogP contribution in [0.2, 0.25) is 0 Å². The van der Waals surface area contributed by atoms with Gasteiger partial charge in [-0.25, -0.2) is 0 Å². The van der Waals surface area contributed by atoms with Crippen LogP contribution in [0.15, 0.2) is 0 Å². The van der Waals surface area contributed by atoms with E-state index >= 15 is 0 Å². The maximum absolute atomic E-state index is 5.77. The zero-order chi connectivity index (χ0) is 13.4. The van der Waals surface area contributed by atoms with Gasteiger partial charge >= 0.3 is 0 Å². The van der Waals surface area contributed by atoms with Crippen LogP contribution in [0.4, 0.5) is 0 Å². The second kappa shape index (κ2) is 8.14. The molecule has 0 aliphatic rings. The maximum Gasteiger partial charge on any atom is 0.163 e. The second-order valence-electron chi connectivity index (χ2n) is 4.78. The van der Waals surface area contributed by atoms with Gasteiger partial charge in [0.1, 0.15) is 12.3 Å². The summed E-state index contributed by atoms with van der Waals surface area (Å²) < 4.78 is 7.63. The molecule has 18 heavy (non-hydrogen) atoms. The summed E-state index contributed by atoms with van der Waals surface area (Å²) in [6, 6.07) is 0. The Hall–Kier alpha value is -1.03. The maximum atomic E-state index is 5.77. The molecule has 0 saturated carbocycles. The van der Waals surface area contributed by atoms with Crippen LogP contribution < -0.4 is 10.1 Å². The molecule has 1 rings (SSSR count). The van der Waals surface area contributed by atoms with Gasteiger partial charge in [-0.2, -0.15) is 5.10 Å². The highest BCUT2D eigenvalue weighted by molar-refractivity contribution is 5.31. The molecule has 1 aromatic rings. The van der Waals surface area contributed by atoms with Crippen LogP contribution in [-0.4, -0.2) is 29.5 Å². The van der Waals surface area contributed by atoms with Gasteiger partial charge in [-0.3, -0.25) is 4.68 Å². The summed E-state index contributed by atoms with van der Waals surface area (Å²) in [5.41, 5.74) is 2.06. The van der Waals surface area contributed by atoms with E-state index in [0.717, 1.165) is 30.2 Å². The lowest BCUT2D eigenvalue weighted by molar-refractivity contribution is 0.309. The number of nitrogens with one attached hydrogen (secondary N) is 1. The monoisotopic (exact) mass is 253 g/mol. The SMILES string of the molecule is CCCCCCNCCOc1c(C)nn(C)c1C. The van der Waals surface area contributed by atoms with E-state index in [4.69, 9.17) is 4.74 Å². The van der Waals surface area contributed by atoms with Gasteiger partial charge in [-0.05, 0) is 26.8 Å². The molecule has 0 saturated heterocycles. The molecule has 0 atom stereocenters. The lowest BCUT2D eigenvalue weighted by Crippen LogP contribution is -2.22. The van der Waals surface area contributed by atoms with Gasteiger partial charge in [0.05, 0.1) is 5.69 Å². The number of ether oxygens (including phenoxy) is 1. The average Bonchev–Trinajstić information content (AvgIpc) is 2.58. The Morgan fingerprint density at radius 3 is 2.56 bits per heavy atom. The van der Waals surface area contributed by atoms with Crippen LogP contribution in [0.25, 0.3) is 0 Å². The Labute approximate surface area is 111 Å². The second-order valence-corrected chi connectivity index (χ2v) is 4.78. The highest BCUT2D eigenvalue weighted by Gasteiger charge is 2.09. The van der Waals surface area contributed by atoms with Crippen molar-refractivity contribution in [3.05, 3.63) is 11.4 Å². The quantitative estimate of drug-likeness (QED) is 0.688. The summed E-state index contributed by atoms with van der Waals surface area (Å²) in [6.45, 7) is 8.96. The highest BCUT2D eigenvalue weighted by atomic mass is 16.5. The number of aromatic nitrogens is 2. The van der Waals surface area contributed by atoms with Crippen LogP contribution in [0, 0.1) is 13.8 Å². The molecule has 1 N–H and O–H groups in total. The molecule has 1 heterocycles. The number of hydrogen-bond acceptors (Lipinski definition) is 3. The van der Waals surface area contributed by atoms with E-state index in [9.17, 15) is 0 Å². The minimum absolute atomic E-state index is 0.709. The van der Waals surface area contributed by atoms with Crippen LogP contribution >= 0.6 is 0 Å². The van der Waals surface area contributed by atoms with E-state index in [-0.39, 0.29) is 0 Å². The van der Waals surface area contributed by atoms with E-state index < -0.39 is 0 Å². The Kier molecular flexibility index (Phi) is 6.80. The molecule has 4 nitrogen and oxygen atoms in total. The van der Waals surface area contributed by atoms with Gasteiger partial charge < -0.3 is 10.1 Å². The Balaban J connectivity index is 2.11. The van der Waals surface area contributed by atoms with Crippen LogP contribution in [-0.2, 0) is 7.05 Å². The van der Waals surface area contributed by atoms with E-state index in [1.807, 2.05) is 25.6 Å². The topological polar surface area (TPSA) is 39.1 Å². The largest absolute Gasteiger partial charge is 0.488 e. The molecule has 4 heteroatoms. The fraction of sp³-hybridized carbons (Fsp3) is 0.786. The van der Waals surface area contributed by atoms with Crippen molar-refractivity contribution in [2.45, 2.75) is 46.5 Å². The number of rotatable bonds is 9. The smallest absolute Gasteiger partial charge is 0.163 e. The first-order valence-corrected chi connectivity index (χ1v) is 7.00. The van der Waals surface area contributed by atoms with E-state index in [1.165, 1.54) is 25.7 Å². The van der Waals surface area contributed by atoms with Crippen LogP contribution in [0.5, 0.6) is 5.75 Å². The van der Waals surface area contributed by atoms with Gasteiger partial charge in [-0.15, -0.1) is 0 Å². The Morgan fingerprint density at radius 1 is 1.17 bits per heavy atom. The summed E-state index contributed by atoms with van der Waals surface area (Å²) in [6.07, 6.45) is 5.22. The van der Waals surface area contributed by atoms with Crippen molar-refractivity contribution in [3.8, 4) is 5.75 Å². The van der Waals surface area contributed by atoms with Crippen molar-refractivity contribution >= 4 is 0 Å². The summed E-state index contributed by atoms with van der Waals surface area (Å²) in [4.78, 5) is 0. The summed E-state index contributed by atoms with van der Waals surface area (Å²) in [5, 5.41) is 7.74.